The van der Waals surface area contributed by atoms with Gasteiger partial charge in [-0.25, -0.2) is 20.4 Å². The molecule has 0 saturated heterocycles. The fourth-order valence-corrected chi connectivity index (χ4v) is 0. The fraction of sp³-hybridized carbons (Fsp3) is 0.400. The second-order valence-corrected chi connectivity index (χ2v) is 1.08. The van der Waals surface area contributed by atoms with Crippen molar-refractivity contribution in [1.29, 1.82) is 10.8 Å². The van der Waals surface area contributed by atoms with Gasteiger partial charge in [-0.2, -0.15) is 0 Å². The van der Waals surface area contributed by atoms with Gasteiger partial charge < -0.3 is 9.90 Å². The van der Waals surface area contributed by atoms with Gasteiger partial charge in [-0.1, -0.05) is 0 Å². The number of hydrogen-bond donors (Lipinski definition) is 3. The van der Waals surface area contributed by atoms with Crippen LogP contribution in [0.2, 0.25) is 0 Å². The second kappa shape index (κ2) is 23.8. The van der Waals surface area contributed by atoms with Crippen LogP contribution in [0.25, 0.3) is 0 Å². The Labute approximate surface area is 62.9 Å². The summed E-state index contributed by atoms with van der Waals surface area (Å²) >= 11 is 0. The Morgan fingerprint density at radius 3 is 1.45 bits per heavy atom. The molecule has 0 amide bonds. The molecule has 0 aliphatic heterocycles. The van der Waals surface area contributed by atoms with Crippen LogP contribution in [0.1, 0.15) is 6.92 Å². The summed E-state index contributed by atoms with van der Waals surface area (Å²) in [6.07, 6.45) is 1.18. The molecule has 6 nitrogen and oxygen atoms in total. The number of aliphatic hydroxyl groups is 1. The van der Waals surface area contributed by atoms with Gasteiger partial charge in [0.15, 0.2) is 0 Å². The molecular weight excluding hydrogens is 152 g/mol. The Balaban J connectivity index is -0.0000000933. The predicted octanol–water partition coefficient (Wildman–Crippen LogP) is -0.632. The van der Waals surface area contributed by atoms with Crippen molar-refractivity contribution in [3.05, 3.63) is 0 Å². The van der Waals surface area contributed by atoms with Gasteiger partial charge >= 0.3 is 0 Å². The Kier molecular flexibility index (Phi) is 35.0. The molecule has 0 bridgehead atoms. The zero-order chi connectivity index (χ0) is 9.70. The average molecular weight is 160 g/mol. The van der Waals surface area contributed by atoms with Gasteiger partial charge in [-0.3, -0.25) is 0 Å². The normalized spacial score (nSPS) is 7.82. The molecule has 0 aliphatic carbocycles. The SMILES string of the molecule is CC(O)C=O.N=C=O.N=C=O. The molecule has 0 aromatic carbocycles. The molecular formula is C5H8N2O4. The molecule has 0 fully saturated rings. The van der Waals surface area contributed by atoms with E-state index in [9.17, 15) is 4.79 Å². The van der Waals surface area contributed by atoms with Crippen LogP contribution in [0.5, 0.6) is 0 Å². The van der Waals surface area contributed by atoms with Gasteiger partial charge in [-0.15, -0.1) is 0 Å². The molecule has 0 spiro atoms. The van der Waals surface area contributed by atoms with Crippen molar-refractivity contribution in [3.8, 4) is 0 Å². The highest BCUT2D eigenvalue weighted by Crippen LogP contribution is 1.62. The van der Waals surface area contributed by atoms with E-state index in [0.29, 0.717) is 6.29 Å². The van der Waals surface area contributed by atoms with E-state index in [-0.39, 0.29) is 0 Å². The topological polar surface area (TPSA) is 119 Å². The highest BCUT2D eigenvalue weighted by molar-refractivity contribution is 5.54. The molecule has 0 heterocycles. The predicted molar refractivity (Wildman–Crippen MR) is 34.6 cm³/mol. The maximum Gasteiger partial charge on any atom is 0.231 e. The zero-order valence-electron chi connectivity index (χ0n) is 5.83. The summed E-state index contributed by atoms with van der Waals surface area (Å²) in [6, 6.07) is 0. The van der Waals surface area contributed by atoms with Crippen molar-refractivity contribution in [2.24, 2.45) is 0 Å². The minimum Gasteiger partial charge on any atom is -0.386 e. The van der Waals surface area contributed by atoms with E-state index in [4.69, 9.17) is 25.5 Å². The Hall–Kier alpha value is -1.61. The third-order valence-electron chi connectivity index (χ3n) is 0.197. The first-order chi connectivity index (χ1) is 5.10. The number of rotatable bonds is 1. The van der Waals surface area contributed by atoms with E-state index in [2.05, 4.69) is 0 Å². The summed E-state index contributed by atoms with van der Waals surface area (Å²) in [5.41, 5.74) is 0. The molecule has 1 unspecified atom stereocenters. The smallest absolute Gasteiger partial charge is 0.231 e. The maximum atomic E-state index is 9.25. The van der Waals surface area contributed by atoms with E-state index < -0.39 is 6.10 Å². The molecule has 62 valence electrons. The lowest BCUT2D eigenvalue weighted by molar-refractivity contribution is -0.114. The number of isocyanates is 2. The number of hydrogen-bond acceptors (Lipinski definition) is 6. The maximum absolute atomic E-state index is 9.25. The van der Waals surface area contributed by atoms with Crippen LogP contribution in [0.4, 0.5) is 0 Å². The van der Waals surface area contributed by atoms with Crippen LogP contribution in [-0.4, -0.2) is 29.7 Å². The number of nitrogens with one attached hydrogen (secondary N) is 2. The second-order valence-electron chi connectivity index (χ2n) is 1.08. The summed E-state index contributed by atoms with van der Waals surface area (Å²) in [5, 5.41) is 18.8. The van der Waals surface area contributed by atoms with Crippen LogP contribution in [-0.2, 0) is 14.4 Å². The first-order valence-corrected chi connectivity index (χ1v) is 2.31. The molecule has 0 radical (unpaired) electrons. The van der Waals surface area contributed by atoms with Crippen molar-refractivity contribution in [2.75, 3.05) is 0 Å². The third-order valence-corrected chi connectivity index (χ3v) is 0.197. The monoisotopic (exact) mass is 160 g/mol. The van der Waals surface area contributed by atoms with Crippen LogP contribution in [0.3, 0.4) is 0 Å². The van der Waals surface area contributed by atoms with Crippen molar-refractivity contribution < 1.29 is 19.5 Å². The third kappa shape index (κ3) is 2250. The molecule has 0 rings (SSSR count). The number of carbonyl (C=O) groups excluding carboxylic acids is 3. The minimum absolute atomic E-state index is 0.472. The highest BCUT2D eigenvalue weighted by atomic mass is 16.3. The molecule has 0 aliphatic rings. The molecule has 6 heteroatoms. The van der Waals surface area contributed by atoms with Crippen LogP contribution in [0, 0.1) is 10.8 Å². The lowest BCUT2D eigenvalue weighted by Crippen LogP contribution is -1.97. The summed E-state index contributed by atoms with van der Waals surface area (Å²) in [5.74, 6) is 0. The van der Waals surface area contributed by atoms with Crippen molar-refractivity contribution in [2.45, 2.75) is 13.0 Å². The van der Waals surface area contributed by atoms with Crippen LogP contribution in [0.15, 0.2) is 0 Å². The van der Waals surface area contributed by atoms with E-state index in [1.807, 2.05) is 0 Å². The summed E-state index contributed by atoms with van der Waals surface area (Å²) in [7, 11) is 0. The molecule has 0 aromatic heterocycles. The lowest BCUT2D eigenvalue weighted by atomic mass is 10.5. The van der Waals surface area contributed by atoms with Crippen molar-refractivity contribution >= 4 is 18.4 Å². The van der Waals surface area contributed by atoms with E-state index in [1.165, 1.54) is 6.92 Å². The summed E-state index contributed by atoms with van der Waals surface area (Å²) in [6.45, 7) is 1.41. The zero-order valence-corrected chi connectivity index (χ0v) is 5.83. The van der Waals surface area contributed by atoms with E-state index in [1.54, 1.807) is 0 Å². The van der Waals surface area contributed by atoms with Crippen molar-refractivity contribution in [3.63, 3.8) is 0 Å². The first kappa shape index (κ1) is 16.2. The molecule has 1 atom stereocenters. The standard InChI is InChI=1S/C3H6O2.2CHNO/c1-3(5)2-4;2*2-1-3/h2-3,5H,1H3;2*2H. The van der Waals surface area contributed by atoms with E-state index in [0.717, 1.165) is 12.2 Å². The number of aliphatic hydroxyl groups excluding tert-OH is 1. The Morgan fingerprint density at radius 2 is 1.45 bits per heavy atom. The fourth-order valence-electron chi connectivity index (χ4n) is 0. The number of carbonyl (C=O) groups is 1. The molecule has 3 N–H and O–H groups in total. The summed E-state index contributed by atoms with van der Waals surface area (Å²) < 4.78 is 0. The molecule has 0 aromatic rings. The summed E-state index contributed by atoms with van der Waals surface area (Å²) in [4.78, 5) is 25.9. The largest absolute Gasteiger partial charge is 0.386 e. The molecule has 11 heavy (non-hydrogen) atoms. The lowest BCUT2D eigenvalue weighted by Gasteiger charge is -1.79. The first-order valence-electron chi connectivity index (χ1n) is 2.31. The van der Waals surface area contributed by atoms with Gasteiger partial charge in [0.05, 0.1) is 0 Å². The number of aldehydes is 1. The minimum atomic E-state index is -0.796. The Morgan fingerprint density at radius 1 is 1.36 bits per heavy atom. The van der Waals surface area contributed by atoms with Crippen LogP contribution < -0.4 is 0 Å². The quantitative estimate of drug-likeness (QED) is 0.268. The van der Waals surface area contributed by atoms with Gasteiger partial charge in [0, 0.05) is 0 Å². The molecule has 0 saturated carbocycles. The van der Waals surface area contributed by atoms with Gasteiger partial charge in [-0.05, 0) is 6.92 Å². The van der Waals surface area contributed by atoms with Crippen LogP contribution >= 0.6 is 0 Å². The van der Waals surface area contributed by atoms with Gasteiger partial charge in [0.25, 0.3) is 0 Å². The van der Waals surface area contributed by atoms with Crippen molar-refractivity contribution in [1.82, 2.24) is 0 Å². The average Bonchev–Trinajstić information content (AvgIpc) is 1.91. The van der Waals surface area contributed by atoms with Gasteiger partial charge in [0.1, 0.15) is 12.4 Å². The van der Waals surface area contributed by atoms with Gasteiger partial charge in [0.2, 0.25) is 12.2 Å². The van der Waals surface area contributed by atoms with E-state index >= 15 is 0 Å². The Bertz CT molecular complexity index is 131. The highest BCUT2D eigenvalue weighted by Gasteiger charge is 1.81.